The molecule has 0 radical (unpaired) electrons. The van der Waals surface area contributed by atoms with E-state index >= 15 is 0 Å². The van der Waals surface area contributed by atoms with Crippen molar-refractivity contribution in [3.05, 3.63) is 34.7 Å². The fraction of sp³-hybridized carbons (Fsp3) is 0.231. The predicted molar refractivity (Wildman–Crippen MR) is 79.6 cm³/mol. The lowest BCUT2D eigenvalue weighted by atomic mass is 10.3. The first-order valence-corrected chi connectivity index (χ1v) is 6.97. The molecule has 0 aliphatic carbocycles. The summed E-state index contributed by atoms with van der Waals surface area (Å²) in [6, 6.07) is 3.25. The Morgan fingerprint density at radius 2 is 2.05 bits per heavy atom. The van der Waals surface area contributed by atoms with Crippen LogP contribution in [-0.2, 0) is 0 Å². The number of nitrogens with two attached hydrogens (primary N) is 1. The molecule has 0 aliphatic heterocycles. The summed E-state index contributed by atoms with van der Waals surface area (Å²) in [5, 5.41) is 6.02. The third kappa shape index (κ3) is 3.66. The molecule has 0 spiro atoms. The van der Waals surface area contributed by atoms with Gasteiger partial charge >= 0.3 is 0 Å². The highest BCUT2D eigenvalue weighted by atomic mass is 32.1. The highest BCUT2D eigenvalue weighted by Crippen LogP contribution is 2.26. The summed E-state index contributed by atoms with van der Waals surface area (Å²) in [5.41, 5.74) is 5.83. The van der Waals surface area contributed by atoms with Gasteiger partial charge in [-0.1, -0.05) is 11.3 Å². The minimum absolute atomic E-state index is 0.0863. The van der Waals surface area contributed by atoms with Crippen LogP contribution in [0.15, 0.2) is 18.2 Å². The van der Waals surface area contributed by atoms with Gasteiger partial charge in [0, 0.05) is 17.8 Å². The molecule has 112 valence electrons. The molecule has 0 unspecified atom stereocenters. The van der Waals surface area contributed by atoms with E-state index < -0.39 is 17.5 Å². The second-order valence-electron chi connectivity index (χ2n) is 4.62. The number of carbonyl (C=O) groups excluding carboxylic acids is 1. The van der Waals surface area contributed by atoms with Crippen LogP contribution >= 0.6 is 11.3 Å². The van der Waals surface area contributed by atoms with Gasteiger partial charge in [0.25, 0.3) is 5.91 Å². The molecule has 0 atom stereocenters. The van der Waals surface area contributed by atoms with E-state index in [0.29, 0.717) is 5.13 Å². The predicted octanol–water partition coefficient (Wildman–Crippen LogP) is 3.08. The van der Waals surface area contributed by atoms with Crippen LogP contribution in [0.3, 0.4) is 0 Å². The fourth-order valence-electron chi connectivity index (χ4n) is 1.57. The normalized spacial score (nSPS) is 10.7. The highest BCUT2D eigenvalue weighted by molar-refractivity contribution is 7.18. The fourth-order valence-corrected chi connectivity index (χ4v) is 2.49. The number of rotatable bonds is 4. The number of benzene rings is 1. The van der Waals surface area contributed by atoms with Crippen molar-refractivity contribution in [1.29, 1.82) is 0 Å². The van der Waals surface area contributed by atoms with Crippen LogP contribution in [0.2, 0.25) is 0 Å². The van der Waals surface area contributed by atoms with E-state index in [4.69, 9.17) is 5.73 Å². The molecule has 0 saturated carbocycles. The molecule has 0 saturated heterocycles. The van der Waals surface area contributed by atoms with Crippen molar-refractivity contribution in [2.24, 2.45) is 0 Å². The maximum atomic E-state index is 13.1. The molecule has 5 nitrogen and oxygen atoms in total. The molecule has 1 aromatic carbocycles. The van der Waals surface area contributed by atoms with Crippen molar-refractivity contribution >= 4 is 33.9 Å². The molecular weight excluding hydrogens is 298 g/mol. The average Bonchev–Trinajstić information content (AvgIpc) is 2.74. The van der Waals surface area contributed by atoms with E-state index in [1.165, 1.54) is 6.07 Å². The Hall–Kier alpha value is -2.22. The zero-order valence-electron chi connectivity index (χ0n) is 11.4. The van der Waals surface area contributed by atoms with Crippen molar-refractivity contribution in [3.8, 4) is 0 Å². The van der Waals surface area contributed by atoms with Gasteiger partial charge in [0.15, 0.2) is 16.8 Å². The monoisotopic (exact) mass is 312 g/mol. The van der Waals surface area contributed by atoms with Crippen LogP contribution in [0.5, 0.6) is 0 Å². The topological polar surface area (TPSA) is 80.0 Å². The van der Waals surface area contributed by atoms with E-state index in [1.54, 1.807) is 0 Å². The van der Waals surface area contributed by atoms with Crippen molar-refractivity contribution in [1.82, 2.24) is 4.98 Å². The van der Waals surface area contributed by atoms with Crippen molar-refractivity contribution in [2.75, 3.05) is 16.4 Å². The van der Waals surface area contributed by atoms with Gasteiger partial charge in [-0.2, -0.15) is 0 Å². The number of nitrogens with one attached hydrogen (secondary N) is 2. The number of aromatic nitrogens is 1. The maximum absolute atomic E-state index is 13.1. The molecule has 0 aliphatic rings. The van der Waals surface area contributed by atoms with Gasteiger partial charge in [-0.25, -0.2) is 13.8 Å². The molecule has 1 amide bonds. The summed E-state index contributed by atoms with van der Waals surface area (Å²) in [4.78, 5) is 16.3. The highest BCUT2D eigenvalue weighted by Gasteiger charge is 2.17. The van der Waals surface area contributed by atoms with E-state index in [9.17, 15) is 13.6 Å². The Labute approximate surface area is 124 Å². The molecule has 1 aromatic heterocycles. The largest absolute Gasteiger partial charge is 0.382 e. The van der Waals surface area contributed by atoms with E-state index in [0.717, 1.165) is 23.5 Å². The summed E-state index contributed by atoms with van der Waals surface area (Å²) in [6.07, 6.45) is 0. The minimum atomic E-state index is -1.03. The number of anilines is 3. The molecular formula is C13H14F2N4OS. The van der Waals surface area contributed by atoms with Crippen LogP contribution in [0.4, 0.5) is 25.4 Å². The van der Waals surface area contributed by atoms with Crippen molar-refractivity contribution in [2.45, 2.75) is 19.9 Å². The lowest BCUT2D eigenvalue weighted by Crippen LogP contribution is -2.12. The van der Waals surface area contributed by atoms with Crippen LogP contribution in [0, 0.1) is 11.6 Å². The standard InChI is InChI=1S/C13H14F2N4OS/c1-6(2)17-13-19-11(16)10(21-13)12(20)18-7-3-4-8(14)9(15)5-7/h3-6H,16H2,1-2H3,(H,17,19)(H,18,20). The number of carbonyl (C=O) groups is 1. The molecule has 21 heavy (non-hydrogen) atoms. The average molecular weight is 312 g/mol. The number of amides is 1. The number of nitrogen functional groups attached to an aromatic ring is 1. The molecule has 2 rings (SSSR count). The van der Waals surface area contributed by atoms with Gasteiger partial charge in [0.1, 0.15) is 10.7 Å². The van der Waals surface area contributed by atoms with Crippen LogP contribution in [0.25, 0.3) is 0 Å². The van der Waals surface area contributed by atoms with E-state index in [-0.39, 0.29) is 22.4 Å². The van der Waals surface area contributed by atoms with Crippen LogP contribution in [-0.4, -0.2) is 16.9 Å². The molecule has 1 heterocycles. The molecule has 2 aromatic rings. The summed E-state index contributed by atoms with van der Waals surface area (Å²) in [7, 11) is 0. The zero-order chi connectivity index (χ0) is 15.6. The van der Waals surface area contributed by atoms with E-state index in [2.05, 4.69) is 15.6 Å². The smallest absolute Gasteiger partial charge is 0.269 e. The van der Waals surface area contributed by atoms with Gasteiger partial charge in [-0.05, 0) is 26.0 Å². The number of halogens is 2. The Morgan fingerprint density at radius 3 is 2.67 bits per heavy atom. The van der Waals surface area contributed by atoms with Gasteiger partial charge in [0.05, 0.1) is 0 Å². The molecule has 0 fully saturated rings. The number of thiazole rings is 1. The Morgan fingerprint density at radius 1 is 1.33 bits per heavy atom. The maximum Gasteiger partial charge on any atom is 0.269 e. The number of hydrogen-bond acceptors (Lipinski definition) is 5. The number of nitrogens with zero attached hydrogens (tertiary/aromatic N) is 1. The number of hydrogen-bond donors (Lipinski definition) is 3. The van der Waals surface area contributed by atoms with Gasteiger partial charge in [-0.15, -0.1) is 0 Å². The molecule has 4 N–H and O–H groups in total. The quantitative estimate of drug-likeness (QED) is 0.810. The summed E-state index contributed by atoms with van der Waals surface area (Å²) in [6.45, 7) is 3.86. The van der Waals surface area contributed by atoms with Gasteiger partial charge in [0.2, 0.25) is 0 Å². The minimum Gasteiger partial charge on any atom is -0.382 e. The first kappa shape index (κ1) is 15.2. The third-order valence-electron chi connectivity index (χ3n) is 2.45. The summed E-state index contributed by atoms with van der Waals surface area (Å²) < 4.78 is 25.9. The first-order valence-electron chi connectivity index (χ1n) is 6.16. The first-order chi connectivity index (χ1) is 9.86. The molecule has 8 heteroatoms. The van der Waals surface area contributed by atoms with Crippen LogP contribution in [0.1, 0.15) is 23.5 Å². The van der Waals surface area contributed by atoms with Crippen molar-refractivity contribution in [3.63, 3.8) is 0 Å². The second kappa shape index (κ2) is 6.04. The SMILES string of the molecule is CC(C)Nc1nc(N)c(C(=O)Nc2ccc(F)c(F)c2)s1. The Balaban J connectivity index is 2.16. The lowest BCUT2D eigenvalue weighted by Gasteiger charge is -2.05. The zero-order valence-corrected chi connectivity index (χ0v) is 12.2. The van der Waals surface area contributed by atoms with Gasteiger partial charge < -0.3 is 16.4 Å². The Bertz CT molecular complexity index is 672. The summed E-state index contributed by atoms with van der Waals surface area (Å²) in [5.74, 6) is -2.45. The lowest BCUT2D eigenvalue weighted by molar-refractivity contribution is 0.103. The third-order valence-corrected chi connectivity index (χ3v) is 3.45. The molecule has 0 bridgehead atoms. The van der Waals surface area contributed by atoms with Gasteiger partial charge in [-0.3, -0.25) is 4.79 Å². The summed E-state index contributed by atoms with van der Waals surface area (Å²) >= 11 is 1.10. The van der Waals surface area contributed by atoms with E-state index in [1.807, 2.05) is 13.8 Å². The Kier molecular flexibility index (Phi) is 4.37. The van der Waals surface area contributed by atoms with Crippen LogP contribution < -0.4 is 16.4 Å². The van der Waals surface area contributed by atoms with Crippen molar-refractivity contribution < 1.29 is 13.6 Å². The second-order valence-corrected chi connectivity index (χ2v) is 5.61.